The topological polar surface area (TPSA) is 51.2 Å². The summed E-state index contributed by atoms with van der Waals surface area (Å²) in [4.78, 5) is 15.3. The first-order chi connectivity index (χ1) is 9.01. The standard InChI is InChI=1S/C11H7ClF2N2O2S/c1-18-10(17)8-9(12)16-11(19-8)15-7-3-2-5(13)4-6(7)14/h2-4H,1H3,(H,15,16). The summed E-state index contributed by atoms with van der Waals surface area (Å²) in [5.41, 5.74) is 0.0308. The van der Waals surface area contributed by atoms with Crippen LogP contribution < -0.4 is 5.32 Å². The van der Waals surface area contributed by atoms with Gasteiger partial charge in [-0.2, -0.15) is 0 Å². The molecule has 0 aliphatic rings. The number of hydrogen-bond acceptors (Lipinski definition) is 5. The molecule has 0 amide bonds. The molecule has 0 fully saturated rings. The minimum Gasteiger partial charge on any atom is -0.465 e. The largest absolute Gasteiger partial charge is 0.465 e. The molecule has 2 aromatic rings. The summed E-state index contributed by atoms with van der Waals surface area (Å²) in [6.45, 7) is 0. The van der Waals surface area contributed by atoms with Crippen molar-refractivity contribution < 1.29 is 18.3 Å². The van der Waals surface area contributed by atoms with Crippen molar-refractivity contribution >= 4 is 39.7 Å². The number of benzene rings is 1. The van der Waals surface area contributed by atoms with E-state index < -0.39 is 17.6 Å². The number of nitrogens with zero attached hydrogens (tertiary/aromatic N) is 1. The molecular formula is C11H7ClF2N2O2S. The van der Waals surface area contributed by atoms with Crippen LogP contribution in [-0.4, -0.2) is 18.1 Å². The average Bonchev–Trinajstić information content (AvgIpc) is 2.73. The van der Waals surface area contributed by atoms with Gasteiger partial charge in [0, 0.05) is 6.07 Å². The van der Waals surface area contributed by atoms with Crippen LogP contribution in [0.5, 0.6) is 0 Å². The third-order valence-electron chi connectivity index (χ3n) is 2.13. The van der Waals surface area contributed by atoms with Crippen molar-refractivity contribution in [3.63, 3.8) is 0 Å². The smallest absolute Gasteiger partial charge is 0.351 e. The third kappa shape index (κ3) is 2.99. The Kier molecular flexibility index (Phi) is 3.96. The molecule has 19 heavy (non-hydrogen) atoms. The summed E-state index contributed by atoms with van der Waals surface area (Å²) in [7, 11) is 1.21. The molecule has 1 heterocycles. The molecule has 0 spiro atoms. The van der Waals surface area contributed by atoms with Crippen molar-refractivity contribution in [2.45, 2.75) is 0 Å². The zero-order chi connectivity index (χ0) is 14.0. The van der Waals surface area contributed by atoms with Gasteiger partial charge in [-0.1, -0.05) is 22.9 Å². The zero-order valence-electron chi connectivity index (χ0n) is 9.54. The van der Waals surface area contributed by atoms with E-state index in [0.717, 1.165) is 23.5 Å². The maximum atomic E-state index is 13.4. The fourth-order valence-corrected chi connectivity index (χ4v) is 2.39. The molecular weight excluding hydrogens is 298 g/mol. The van der Waals surface area contributed by atoms with Crippen LogP contribution in [0.15, 0.2) is 18.2 Å². The monoisotopic (exact) mass is 304 g/mol. The Labute approximate surface area is 116 Å². The first-order valence-corrected chi connectivity index (χ1v) is 6.17. The third-order valence-corrected chi connectivity index (χ3v) is 3.47. The van der Waals surface area contributed by atoms with Crippen LogP contribution in [0.3, 0.4) is 0 Å². The van der Waals surface area contributed by atoms with Gasteiger partial charge in [0.1, 0.15) is 11.6 Å². The highest BCUT2D eigenvalue weighted by Crippen LogP contribution is 2.30. The zero-order valence-corrected chi connectivity index (χ0v) is 11.1. The van der Waals surface area contributed by atoms with Crippen molar-refractivity contribution in [1.82, 2.24) is 4.98 Å². The lowest BCUT2D eigenvalue weighted by molar-refractivity contribution is 0.0606. The highest BCUT2D eigenvalue weighted by atomic mass is 35.5. The van der Waals surface area contributed by atoms with E-state index in [1.807, 2.05) is 0 Å². The lowest BCUT2D eigenvalue weighted by Gasteiger charge is -2.03. The highest BCUT2D eigenvalue weighted by Gasteiger charge is 2.18. The molecule has 8 heteroatoms. The molecule has 2 rings (SSSR count). The van der Waals surface area contributed by atoms with Gasteiger partial charge in [-0.15, -0.1) is 0 Å². The number of halogens is 3. The van der Waals surface area contributed by atoms with Crippen LogP contribution in [0.4, 0.5) is 19.6 Å². The summed E-state index contributed by atoms with van der Waals surface area (Å²) in [6.07, 6.45) is 0. The number of methoxy groups -OCH3 is 1. The number of carbonyl (C=O) groups excluding carboxylic acids is 1. The minimum atomic E-state index is -0.772. The summed E-state index contributed by atoms with van der Waals surface area (Å²) in [5.74, 6) is -2.09. The number of ether oxygens (including phenoxy) is 1. The van der Waals surface area contributed by atoms with E-state index >= 15 is 0 Å². The maximum absolute atomic E-state index is 13.4. The highest BCUT2D eigenvalue weighted by molar-refractivity contribution is 7.18. The molecule has 0 atom stereocenters. The lowest BCUT2D eigenvalue weighted by atomic mass is 10.3. The Hall–Kier alpha value is -1.73. The molecule has 0 saturated carbocycles. The fraction of sp³-hybridized carbons (Fsp3) is 0.0909. The Balaban J connectivity index is 2.26. The Morgan fingerprint density at radius 1 is 1.47 bits per heavy atom. The van der Waals surface area contributed by atoms with Crippen LogP contribution in [0, 0.1) is 11.6 Å². The van der Waals surface area contributed by atoms with Gasteiger partial charge < -0.3 is 10.1 Å². The second kappa shape index (κ2) is 5.50. The van der Waals surface area contributed by atoms with Crippen LogP contribution in [0.2, 0.25) is 5.15 Å². The number of anilines is 2. The van der Waals surface area contributed by atoms with E-state index in [1.54, 1.807) is 0 Å². The molecule has 0 radical (unpaired) electrons. The molecule has 1 aromatic carbocycles. The van der Waals surface area contributed by atoms with E-state index in [0.29, 0.717) is 0 Å². The summed E-state index contributed by atoms with van der Waals surface area (Å²) in [5, 5.41) is 2.78. The first-order valence-electron chi connectivity index (χ1n) is 4.98. The number of rotatable bonds is 3. The van der Waals surface area contributed by atoms with Gasteiger partial charge in [-0.3, -0.25) is 0 Å². The van der Waals surface area contributed by atoms with Gasteiger partial charge in [0.15, 0.2) is 15.2 Å². The second-order valence-electron chi connectivity index (χ2n) is 3.38. The van der Waals surface area contributed by atoms with Crippen molar-refractivity contribution in [2.75, 3.05) is 12.4 Å². The van der Waals surface area contributed by atoms with Gasteiger partial charge in [-0.25, -0.2) is 18.6 Å². The van der Waals surface area contributed by atoms with Gasteiger partial charge >= 0.3 is 5.97 Å². The molecule has 1 aromatic heterocycles. The Bertz CT molecular complexity index is 633. The first kappa shape index (κ1) is 13.7. The van der Waals surface area contributed by atoms with E-state index in [2.05, 4.69) is 15.0 Å². The number of hydrogen-bond donors (Lipinski definition) is 1. The van der Waals surface area contributed by atoms with Crippen LogP contribution >= 0.6 is 22.9 Å². The van der Waals surface area contributed by atoms with E-state index in [1.165, 1.54) is 13.2 Å². The van der Waals surface area contributed by atoms with E-state index in [9.17, 15) is 13.6 Å². The number of thiazole rings is 1. The number of nitrogens with one attached hydrogen (secondary N) is 1. The Morgan fingerprint density at radius 2 is 2.21 bits per heavy atom. The molecule has 0 saturated heterocycles. The van der Waals surface area contributed by atoms with Crippen LogP contribution in [0.1, 0.15) is 9.67 Å². The van der Waals surface area contributed by atoms with Crippen molar-refractivity contribution in [1.29, 1.82) is 0 Å². The normalized spacial score (nSPS) is 10.3. The molecule has 0 bridgehead atoms. The van der Waals surface area contributed by atoms with Gasteiger partial charge in [0.2, 0.25) is 0 Å². The number of aromatic nitrogens is 1. The molecule has 4 nitrogen and oxygen atoms in total. The quantitative estimate of drug-likeness (QED) is 0.880. The summed E-state index contributed by atoms with van der Waals surface area (Å²) < 4.78 is 30.7. The average molecular weight is 305 g/mol. The predicted molar refractivity (Wildman–Crippen MR) is 68.1 cm³/mol. The number of carbonyl (C=O) groups is 1. The minimum absolute atomic E-state index is 0.0308. The van der Waals surface area contributed by atoms with E-state index in [-0.39, 0.29) is 20.8 Å². The molecule has 0 aliphatic carbocycles. The fourth-order valence-electron chi connectivity index (χ4n) is 1.28. The lowest BCUT2D eigenvalue weighted by Crippen LogP contribution is -1.98. The van der Waals surface area contributed by atoms with Gasteiger partial charge in [0.05, 0.1) is 12.8 Å². The predicted octanol–water partition coefficient (Wildman–Crippen LogP) is 3.60. The van der Waals surface area contributed by atoms with Crippen molar-refractivity contribution in [2.24, 2.45) is 0 Å². The van der Waals surface area contributed by atoms with Gasteiger partial charge in [0.25, 0.3) is 0 Å². The second-order valence-corrected chi connectivity index (χ2v) is 4.74. The van der Waals surface area contributed by atoms with Crippen molar-refractivity contribution in [3.05, 3.63) is 39.9 Å². The maximum Gasteiger partial charge on any atom is 0.351 e. The summed E-state index contributed by atoms with van der Waals surface area (Å²) in [6, 6.07) is 3.05. The van der Waals surface area contributed by atoms with Crippen LogP contribution in [0.25, 0.3) is 0 Å². The molecule has 100 valence electrons. The Morgan fingerprint density at radius 3 is 2.84 bits per heavy atom. The number of esters is 1. The summed E-state index contributed by atoms with van der Waals surface area (Å²) >= 11 is 6.67. The molecule has 1 N–H and O–H groups in total. The van der Waals surface area contributed by atoms with Crippen molar-refractivity contribution in [3.8, 4) is 0 Å². The SMILES string of the molecule is COC(=O)c1sc(Nc2ccc(F)cc2F)nc1Cl. The van der Waals surface area contributed by atoms with Crippen LogP contribution in [-0.2, 0) is 4.74 Å². The van der Waals surface area contributed by atoms with E-state index in [4.69, 9.17) is 11.6 Å². The molecule has 0 aliphatic heterocycles. The molecule has 0 unspecified atom stereocenters. The van der Waals surface area contributed by atoms with Gasteiger partial charge in [-0.05, 0) is 12.1 Å².